The lowest BCUT2D eigenvalue weighted by molar-refractivity contribution is 0.0321. The van der Waals surface area contributed by atoms with Crippen molar-refractivity contribution in [1.82, 2.24) is 9.80 Å². The predicted octanol–water partition coefficient (Wildman–Crippen LogP) is 2.29. The first-order valence-corrected chi connectivity index (χ1v) is 11.3. The first-order chi connectivity index (χ1) is 16.1. The fourth-order valence-corrected chi connectivity index (χ4v) is 3.69. The quantitative estimate of drug-likeness (QED) is 0.488. The standard InChI is InChI=1S/C25H36N2O6/c1-26(18-21(28)19-33-23-7-5-22(29-2)6-8-23)17-20-4-9-24(25(16-20)30-3)32-15-12-27-10-13-31-14-11-27/h4-9,16,21,28H,10-15,17-19H2,1-3H3/t21-/m0/s1. The average Bonchev–Trinajstić information content (AvgIpc) is 2.84. The molecule has 1 aliphatic rings. The Kier molecular flexibility index (Phi) is 10.1. The molecule has 1 heterocycles. The van der Waals surface area contributed by atoms with Crippen LogP contribution in [0.25, 0.3) is 0 Å². The summed E-state index contributed by atoms with van der Waals surface area (Å²) >= 11 is 0. The molecule has 8 nitrogen and oxygen atoms in total. The fourth-order valence-electron chi connectivity index (χ4n) is 3.69. The molecule has 0 spiro atoms. The number of hydrogen-bond acceptors (Lipinski definition) is 8. The van der Waals surface area contributed by atoms with E-state index >= 15 is 0 Å². The Bertz CT molecular complexity index is 826. The number of rotatable bonds is 13. The highest BCUT2D eigenvalue weighted by molar-refractivity contribution is 5.43. The minimum Gasteiger partial charge on any atom is -0.497 e. The molecule has 33 heavy (non-hydrogen) atoms. The molecular weight excluding hydrogens is 424 g/mol. The van der Waals surface area contributed by atoms with Gasteiger partial charge in [-0.1, -0.05) is 6.07 Å². The van der Waals surface area contributed by atoms with Crippen molar-refractivity contribution < 1.29 is 28.8 Å². The molecule has 1 atom stereocenters. The summed E-state index contributed by atoms with van der Waals surface area (Å²) in [5.41, 5.74) is 1.08. The topological polar surface area (TPSA) is 72.9 Å². The van der Waals surface area contributed by atoms with Crippen molar-refractivity contribution in [3.05, 3.63) is 48.0 Å². The number of nitrogens with zero attached hydrogens (tertiary/aromatic N) is 2. The highest BCUT2D eigenvalue weighted by Gasteiger charge is 2.13. The van der Waals surface area contributed by atoms with Gasteiger partial charge in [0.05, 0.1) is 27.4 Å². The van der Waals surface area contributed by atoms with Crippen LogP contribution in [0.5, 0.6) is 23.0 Å². The summed E-state index contributed by atoms with van der Waals surface area (Å²) < 4.78 is 27.7. The molecule has 0 unspecified atom stereocenters. The van der Waals surface area contributed by atoms with E-state index in [2.05, 4.69) is 9.80 Å². The molecule has 2 aromatic rings. The minimum atomic E-state index is -0.609. The van der Waals surface area contributed by atoms with Gasteiger partial charge >= 0.3 is 0 Å². The smallest absolute Gasteiger partial charge is 0.161 e. The van der Waals surface area contributed by atoms with E-state index in [9.17, 15) is 5.11 Å². The molecule has 8 heteroatoms. The van der Waals surface area contributed by atoms with Crippen LogP contribution >= 0.6 is 0 Å². The maximum atomic E-state index is 10.4. The molecule has 1 fully saturated rings. The van der Waals surface area contributed by atoms with E-state index < -0.39 is 6.10 Å². The van der Waals surface area contributed by atoms with Gasteiger partial charge < -0.3 is 28.8 Å². The molecule has 1 aliphatic heterocycles. The third-order valence-corrected chi connectivity index (χ3v) is 5.47. The summed E-state index contributed by atoms with van der Waals surface area (Å²) in [5, 5.41) is 10.4. The monoisotopic (exact) mass is 460 g/mol. The summed E-state index contributed by atoms with van der Waals surface area (Å²) in [7, 11) is 5.24. The number of morpholine rings is 1. The van der Waals surface area contributed by atoms with Crippen molar-refractivity contribution in [2.24, 2.45) is 0 Å². The number of benzene rings is 2. The second-order valence-electron chi connectivity index (χ2n) is 8.12. The Labute approximate surface area is 196 Å². The summed E-state index contributed by atoms with van der Waals surface area (Å²) in [4.78, 5) is 4.39. The van der Waals surface area contributed by atoms with Gasteiger partial charge in [0.2, 0.25) is 0 Å². The van der Waals surface area contributed by atoms with Gasteiger partial charge in [0.25, 0.3) is 0 Å². The van der Waals surface area contributed by atoms with Crippen LogP contribution in [-0.2, 0) is 11.3 Å². The Morgan fingerprint density at radius 1 is 0.970 bits per heavy atom. The van der Waals surface area contributed by atoms with E-state index in [1.54, 1.807) is 14.2 Å². The molecule has 0 radical (unpaired) electrons. The number of hydrogen-bond donors (Lipinski definition) is 1. The average molecular weight is 461 g/mol. The molecule has 1 N–H and O–H groups in total. The van der Waals surface area contributed by atoms with Gasteiger partial charge in [-0.3, -0.25) is 9.80 Å². The lowest BCUT2D eigenvalue weighted by atomic mass is 10.2. The second-order valence-corrected chi connectivity index (χ2v) is 8.12. The van der Waals surface area contributed by atoms with E-state index in [1.807, 2.05) is 49.5 Å². The maximum absolute atomic E-state index is 10.4. The lowest BCUT2D eigenvalue weighted by Gasteiger charge is -2.26. The number of likely N-dealkylation sites (N-methyl/N-ethyl adjacent to an activating group) is 1. The normalized spacial score (nSPS) is 15.3. The molecule has 3 rings (SSSR count). The zero-order chi connectivity index (χ0) is 23.5. The van der Waals surface area contributed by atoms with Crippen LogP contribution in [-0.4, -0.2) is 94.9 Å². The van der Waals surface area contributed by atoms with Crippen LogP contribution in [0.3, 0.4) is 0 Å². The Morgan fingerprint density at radius 2 is 1.70 bits per heavy atom. The maximum Gasteiger partial charge on any atom is 0.161 e. The summed E-state index contributed by atoms with van der Waals surface area (Å²) in [6.07, 6.45) is -0.609. The largest absolute Gasteiger partial charge is 0.497 e. The van der Waals surface area contributed by atoms with E-state index in [4.69, 9.17) is 23.7 Å². The predicted molar refractivity (Wildman–Crippen MR) is 127 cm³/mol. The van der Waals surface area contributed by atoms with Gasteiger partial charge in [-0.2, -0.15) is 0 Å². The van der Waals surface area contributed by atoms with Crippen LogP contribution in [0.1, 0.15) is 5.56 Å². The van der Waals surface area contributed by atoms with Gasteiger partial charge in [-0.25, -0.2) is 0 Å². The number of methoxy groups -OCH3 is 2. The van der Waals surface area contributed by atoms with E-state index in [0.717, 1.165) is 49.9 Å². The summed E-state index contributed by atoms with van der Waals surface area (Å²) in [6.45, 7) is 6.31. The van der Waals surface area contributed by atoms with E-state index in [-0.39, 0.29) is 6.61 Å². The Hall–Kier alpha value is -2.52. The summed E-state index contributed by atoms with van der Waals surface area (Å²) in [5.74, 6) is 2.93. The van der Waals surface area contributed by atoms with Crippen LogP contribution in [0.15, 0.2) is 42.5 Å². The Morgan fingerprint density at radius 3 is 2.39 bits per heavy atom. The third-order valence-electron chi connectivity index (χ3n) is 5.47. The molecule has 2 aromatic carbocycles. The molecule has 0 aliphatic carbocycles. The van der Waals surface area contributed by atoms with Gasteiger partial charge in [-0.05, 0) is 49.0 Å². The van der Waals surface area contributed by atoms with Crippen LogP contribution in [0.4, 0.5) is 0 Å². The van der Waals surface area contributed by atoms with Gasteiger partial charge in [-0.15, -0.1) is 0 Å². The Balaban J connectivity index is 1.42. The minimum absolute atomic E-state index is 0.218. The highest BCUT2D eigenvalue weighted by Crippen LogP contribution is 2.28. The number of aliphatic hydroxyl groups is 1. The van der Waals surface area contributed by atoms with Gasteiger partial charge in [0.1, 0.15) is 30.8 Å². The second kappa shape index (κ2) is 13.3. The third kappa shape index (κ3) is 8.40. The van der Waals surface area contributed by atoms with Crippen molar-refractivity contribution >= 4 is 0 Å². The molecule has 182 valence electrons. The van der Waals surface area contributed by atoms with Crippen molar-refractivity contribution in [2.75, 3.05) is 73.9 Å². The molecule has 1 saturated heterocycles. The number of ether oxygens (including phenoxy) is 5. The first kappa shape index (κ1) is 25.1. The molecule has 0 aromatic heterocycles. The van der Waals surface area contributed by atoms with Gasteiger partial charge in [0, 0.05) is 32.7 Å². The van der Waals surface area contributed by atoms with Crippen molar-refractivity contribution in [1.29, 1.82) is 0 Å². The van der Waals surface area contributed by atoms with Crippen molar-refractivity contribution in [3.63, 3.8) is 0 Å². The zero-order valence-corrected chi connectivity index (χ0v) is 19.9. The molecule has 0 amide bonds. The fraction of sp³-hybridized carbons (Fsp3) is 0.520. The first-order valence-electron chi connectivity index (χ1n) is 11.3. The van der Waals surface area contributed by atoms with E-state index in [0.29, 0.717) is 31.2 Å². The number of aliphatic hydroxyl groups excluding tert-OH is 1. The SMILES string of the molecule is COc1ccc(OC[C@@H](O)CN(C)Cc2ccc(OCCN3CCOCC3)c(OC)c2)cc1. The molecule has 0 saturated carbocycles. The zero-order valence-electron chi connectivity index (χ0n) is 19.9. The van der Waals surface area contributed by atoms with Gasteiger partial charge in [0.15, 0.2) is 11.5 Å². The van der Waals surface area contributed by atoms with Crippen LogP contribution < -0.4 is 18.9 Å². The lowest BCUT2D eigenvalue weighted by Crippen LogP contribution is -2.38. The molecule has 0 bridgehead atoms. The summed E-state index contributed by atoms with van der Waals surface area (Å²) in [6, 6.07) is 13.3. The van der Waals surface area contributed by atoms with Crippen LogP contribution in [0, 0.1) is 0 Å². The van der Waals surface area contributed by atoms with Crippen molar-refractivity contribution in [3.8, 4) is 23.0 Å². The van der Waals surface area contributed by atoms with E-state index in [1.165, 1.54) is 0 Å². The van der Waals surface area contributed by atoms with Crippen LogP contribution in [0.2, 0.25) is 0 Å². The molecular formula is C25H36N2O6. The highest BCUT2D eigenvalue weighted by atomic mass is 16.5. The van der Waals surface area contributed by atoms with Crippen molar-refractivity contribution in [2.45, 2.75) is 12.6 Å².